The van der Waals surface area contributed by atoms with Crippen molar-refractivity contribution in [2.75, 3.05) is 18.5 Å². The van der Waals surface area contributed by atoms with E-state index in [9.17, 15) is 4.79 Å². The molecule has 0 aromatic carbocycles. The Labute approximate surface area is 125 Å². The third-order valence-electron chi connectivity index (χ3n) is 2.64. The molecule has 2 N–H and O–H groups in total. The number of nitriles is 1. The number of carbonyl (C=O) groups excluding carboxylic acids is 1. The molecule has 0 fully saturated rings. The van der Waals surface area contributed by atoms with Crippen LogP contribution in [0.15, 0.2) is 34.2 Å². The second-order valence-corrected chi connectivity index (χ2v) is 5.12. The van der Waals surface area contributed by atoms with Gasteiger partial charge in [0.05, 0.1) is 24.8 Å². The third-order valence-corrected chi connectivity index (χ3v) is 3.49. The number of thioether (sulfide) groups is 1. The fraction of sp³-hybridized carbons (Fsp3) is 0.231. The lowest BCUT2D eigenvalue weighted by Gasteiger charge is -2.15. The van der Waals surface area contributed by atoms with Crippen LogP contribution in [-0.4, -0.2) is 33.6 Å². The lowest BCUT2D eigenvalue weighted by atomic mass is 10.3. The van der Waals surface area contributed by atoms with Gasteiger partial charge in [0.15, 0.2) is 5.16 Å². The number of hydrogen-bond donors (Lipinski definition) is 1. The molecule has 0 saturated heterocycles. The highest BCUT2D eigenvalue weighted by Gasteiger charge is 2.12. The summed E-state index contributed by atoms with van der Waals surface area (Å²) in [5, 5.41) is 9.10. The summed E-state index contributed by atoms with van der Waals surface area (Å²) in [6, 6.07) is 5.47. The number of furan rings is 1. The zero-order chi connectivity index (χ0) is 15.2. The number of carbonyl (C=O) groups is 1. The van der Waals surface area contributed by atoms with Gasteiger partial charge < -0.3 is 15.1 Å². The first-order chi connectivity index (χ1) is 10.1. The summed E-state index contributed by atoms with van der Waals surface area (Å²) < 4.78 is 5.19. The molecule has 108 valence electrons. The molecule has 0 unspecified atom stereocenters. The van der Waals surface area contributed by atoms with E-state index in [0.29, 0.717) is 11.7 Å². The van der Waals surface area contributed by atoms with E-state index in [2.05, 4.69) is 9.97 Å². The van der Waals surface area contributed by atoms with Crippen LogP contribution >= 0.6 is 11.8 Å². The molecule has 0 spiro atoms. The van der Waals surface area contributed by atoms with E-state index in [0.717, 1.165) is 5.76 Å². The number of amides is 1. The first-order valence-corrected chi connectivity index (χ1v) is 7.00. The van der Waals surface area contributed by atoms with Gasteiger partial charge in [0.1, 0.15) is 23.2 Å². The second kappa shape index (κ2) is 6.76. The number of rotatable bonds is 5. The molecule has 0 aliphatic rings. The quantitative estimate of drug-likeness (QED) is 0.654. The van der Waals surface area contributed by atoms with Crippen LogP contribution in [0.3, 0.4) is 0 Å². The van der Waals surface area contributed by atoms with Gasteiger partial charge in [-0.2, -0.15) is 5.26 Å². The molecule has 21 heavy (non-hydrogen) atoms. The van der Waals surface area contributed by atoms with Crippen LogP contribution < -0.4 is 5.73 Å². The summed E-state index contributed by atoms with van der Waals surface area (Å²) >= 11 is 1.17. The van der Waals surface area contributed by atoms with Gasteiger partial charge >= 0.3 is 0 Å². The summed E-state index contributed by atoms with van der Waals surface area (Å²) in [7, 11) is 1.69. The Kier molecular flexibility index (Phi) is 4.79. The minimum Gasteiger partial charge on any atom is -0.467 e. The predicted molar refractivity (Wildman–Crippen MR) is 77.1 cm³/mol. The average molecular weight is 303 g/mol. The van der Waals surface area contributed by atoms with Crippen LogP contribution in [0.1, 0.15) is 11.3 Å². The van der Waals surface area contributed by atoms with Gasteiger partial charge in [-0.05, 0) is 12.1 Å². The van der Waals surface area contributed by atoms with Gasteiger partial charge in [0, 0.05) is 7.05 Å². The van der Waals surface area contributed by atoms with Gasteiger partial charge in [-0.3, -0.25) is 4.79 Å². The largest absolute Gasteiger partial charge is 0.467 e. The number of anilines is 1. The molecule has 7 nitrogen and oxygen atoms in total. The Morgan fingerprint density at radius 1 is 1.62 bits per heavy atom. The van der Waals surface area contributed by atoms with Crippen molar-refractivity contribution in [2.24, 2.45) is 0 Å². The molecular weight excluding hydrogens is 290 g/mol. The van der Waals surface area contributed by atoms with Crippen molar-refractivity contribution < 1.29 is 9.21 Å². The van der Waals surface area contributed by atoms with Crippen LogP contribution in [-0.2, 0) is 11.3 Å². The van der Waals surface area contributed by atoms with E-state index >= 15 is 0 Å². The molecule has 2 rings (SSSR count). The smallest absolute Gasteiger partial charge is 0.233 e. The molecule has 2 heterocycles. The van der Waals surface area contributed by atoms with Gasteiger partial charge in [-0.25, -0.2) is 9.97 Å². The van der Waals surface area contributed by atoms with Gasteiger partial charge in [0.25, 0.3) is 0 Å². The highest BCUT2D eigenvalue weighted by atomic mass is 32.2. The zero-order valence-electron chi connectivity index (χ0n) is 11.3. The molecule has 2 aromatic rings. The van der Waals surface area contributed by atoms with Crippen molar-refractivity contribution in [2.45, 2.75) is 11.7 Å². The summed E-state index contributed by atoms with van der Waals surface area (Å²) in [4.78, 5) is 21.5. The SMILES string of the molecule is CN(Cc1ccco1)C(=O)CSc1ncc(C#N)c(N)n1. The van der Waals surface area contributed by atoms with Crippen molar-refractivity contribution in [1.29, 1.82) is 5.26 Å². The predicted octanol–water partition coefficient (Wildman–Crippen LogP) is 1.27. The molecule has 0 radical (unpaired) electrons. The number of hydrogen-bond acceptors (Lipinski definition) is 7. The maximum Gasteiger partial charge on any atom is 0.233 e. The zero-order valence-corrected chi connectivity index (χ0v) is 12.1. The number of nitrogens with zero attached hydrogens (tertiary/aromatic N) is 4. The molecule has 0 bridgehead atoms. The standard InChI is InChI=1S/C13H13N5O2S/c1-18(7-10-3-2-4-20-10)11(19)8-21-13-16-6-9(5-14)12(15)17-13/h2-4,6H,7-8H2,1H3,(H2,15,16,17). The van der Waals surface area contributed by atoms with E-state index in [4.69, 9.17) is 15.4 Å². The Balaban J connectivity index is 1.89. The lowest BCUT2D eigenvalue weighted by Crippen LogP contribution is -2.27. The van der Waals surface area contributed by atoms with Crippen molar-refractivity contribution in [3.05, 3.63) is 35.9 Å². The average Bonchev–Trinajstić information content (AvgIpc) is 2.97. The Hall–Kier alpha value is -2.53. The van der Waals surface area contributed by atoms with Crippen LogP contribution in [0, 0.1) is 11.3 Å². The number of nitrogens with two attached hydrogens (primary N) is 1. The summed E-state index contributed by atoms with van der Waals surface area (Å²) in [5.41, 5.74) is 5.82. The monoisotopic (exact) mass is 303 g/mol. The topological polar surface area (TPSA) is 109 Å². The van der Waals surface area contributed by atoms with E-state index in [1.165, 1.54) is 18.0 Å². The molecular formula is C13H13N5O2S. The molecule has 0 atom stereocenters. The highest BCUT2D eigenvalue weighted by molar-refractivity contribution is 7.99. The molecule has 2 aromatic heterocycles. The second-order valence-electron chi connectivity index (χ2n) is 4.18. The maximum absolute atomic E-state index is 12.0. The van der Waals surface area contributed by atoms with Crippen LogP contribution in [0.25, 0.3) is 0 Å². The van der Waals surface area contributed by atoms with Crippen LogP contribution in [0.4, 0.5) is 5.82 Å². The molecule has 0 aliphatic heterocycles. The van der Waals surface area contributed by atoms with E-state index in [1.807, 2.05) is 6.07 Å². The van der Waals surface area contributed by atoms with Gasteiger partial charge in [-0.15, -0.1) is 0 Å². The minimum atomic E-state index is -0.0806. The minimum absolute atomic E-state index is 0.0806. The molecule has 8 heteroatoms. The van der Waals surface area contributed by atoms with E-state index < -0.39 is 0 Å². The molecule has 0 saturated carbocycles. The number of nitrogen functional groups attached to an aromatic ring is 1. The fourth-order valence-corrected chi connectivity index (χ4v) is 2.26. The first kappa shape index (κ1) is 14.9. The van der Waals surface area contributed by atoms with Crippen molar-refractivity contribution >= 4 is 23.5 Å². The summed E-state index contributed by atoms with van der Waals surface area (Å²) in [5.74, 6) is 0.937. The van der Waals surface area contributed by atoms with Gasteiger partial charge in [-0.1, -0.05) is 11.8 Å². The first-order valence-electron chi connectivity index (χ1n) is 6.02. The van der Waals surface area contributed by atoms with Gasteiger partial charge in [0.2, 0.25) is 5.91 Å². The Morgan fingerprint density at radius 2 is 2.43 bits per heavy atom. The van der Waals surface area contributed by atoms with Crippen molar-refractivity contribution in [3.63, 3.8) is 0 Å². The lowest BCUT2D eigenvalue weighted by molar-refractivity contribution is -0.127. The van der Waals surface area contributed by atoms with Crippen molar-refractivity contribution in [1.82, 2.24) is 14.9 Å². The third kappa shape index (κ3) is 3.97. The Morgan fingerprint density at radius 3 is 3.05 bits per heavy atom. The molecule has 1 amide bonds. The van der Waals surface area contributed by atoms with Crippen molar-refractivity contribution in [3.8, 4) is 6.07 Å². The van der Waals surface area contributed by atoms with E-state index in [1.54, 1.807) is 30.3 Å². The Bertz CT molecular complexity index is 666. The fourth-order valence-electron chi connectivity index (χ4n) is 1.49. The number of aromatic nitrogens is 2. The maximum atomic E-state index is 12.0. The highest BCUT2D eigenvalue weighted by Crippen LogP contribution is 2.16. The van der Waals surface area contributed by atoms with E-state index in [-0.39, 0.29) is 23.0 Å². The molecule has 0 aliphatic carbocycles. The normalized spacial score (nSPS) is 10.1. The van der Waals surface area contributed by atoms with Crippen LogP contribution in [0.5, 0.6) is 0 Å². The summed E-state index contributed by atoms with van der Waals surface area (Å²) in [6.07, 6.45) is 2.91. The van der Waals surface area contributed by atoms with Crippen LogP contribution in [0.2, 0.25) is 0 Å². The summed E-state index contributed by atoms with van der Waals surface area (Å²) in [6.45, 7) is 0.406.